The number of ether oxygens (including phenoxy) is 2. The maximum absolute atomic E-state index is 13.0. The van der Waals surface area contributed by atoms with Gasteiger partial charge in [0.1, 0.15) is 23.0 Å². The van der Waals surface area contributed by atoms with Crippen molar-refractivity contribution < 1.29 is 17.9 Å². The third kappa shape index (κ3) is 5.07. The highest BCUT2D eigenvalue weighted by molar-refractivity contribution is 7.91. The van der Waals surface area contributed by atoms with E-state index in [0.717, 1.165) is 0 Å². The van der Waals surface area contributed by atoms with E-state index in [1.165, 1.54) is 24.3 Å². The fraction of sp³-hybridized carbons (Fsp3) is 0. The van der Waals surface area contributed by atoms with Gasteiger partial charge in [0.05, 0.1) is 9.79 Å². The summed E-state index contributed by atoms with van der Waals surface area (Å²) in [7, 11) is -3.70. The van der Waals surface area contributed by atoms with E-state index in [-0.39, 0.29) is 9.79 Å². The van der Waals surface area contributed by atoms with Gasteiger partial charge in [0.15, 0.2) is 0 Å². The first kappa shape index (κ1) is 21.8. The van der Waals surface area contributed by atoms with Crippen molar-refractivity contribution in [2.24, 2.45) is 0 Å². The van der Waals surface area contributed by atoms with Gasteiger partial charge in [-0.25, -0.2) is 8.42 Å². The monoisotopic (exact) mass is 450 g/mol. The van der Waals surface area contributed by atoms with Crippen molar-refractivity contribution in [1.29, 1.82) is 0 Å². The van der Waals surface area contributed by atoms with Crippen molar-refractivity contribution in [2.75, 3.05) is 0 Å². The Morgan fingerprint density at radius 2 is 0.939 bits per heavy atom. The number of terminal acetylenes is 2. The van der Waals surface area contributed by atoms with E-state index in [4.69, 9.17) is 22.3 Å². The molecule has 0 saturated carbocycles. The van der Waals surface area contributed by atoms with Crippen molar-refractivity contribution in [1.82, 2.24) is 0 Å². The molecule has 4 aromatic rings. The highest BCUT2D eigenvalue weighted by Crippen LogP contribution is 2.28. The van der Waals surface area contributed by atoms with Crippen molar-refractivity contribution >= 4 is 9.84 Å². The number of hydrogen-bond donors (Lipinski definition) is 0. The van der Waals surface area contributed by atoms with Crippen LogP contribution in [0.1, 0.15) is 11.1 Å². The predicted octanol–water partition coefficient (Wildman–Crippen LogP) is 6.07. The van der Waals surface area contributed by atoms with Crippen LogP contribution in [0.5, 0.6) is 23.0 Å². The highest BCUT2D eigenvalue weighted by Gasteiger charge is 2.18. The summed E-state index contributed by atoms with van der Waals surface area (Å²) < 4.78 is 37.6. The zero-order valence-electron chi connectivity index (χ0n) is 17.4. The Hall–Kier alpha value is -4.45. The van der Waals surface area contributed by atoms with E-state index < -0.39 is 9.84 Å². The summed E-state index contributed by atoms with van der Waals surface area (Å²) in [4.78, 5) is 0.310. The summed E-state index contributed by atoms with van der Waals surface area (Å²) in [6.07, 6.45) is 10.8. The fourth-order valence-corrected chi connectivity index (χ4v) is 4.34. The van der Waals surface area contributed by atoms with Crippen LogP contribution in [-0.2, 0) is 9.84 Å². The zero-order valence-corrected chi connectivity index (χ0v) is 18.3. The van der Waals surface area contributed by atoms with Crippen LogP contribution in [0.3, 0.4) is 0 Å². The molecule has 0 heterocycles. The molecular weight excluding hydrogens is 432 g/mol. The lowest BCUT2D eigenvalue weighted by Crippen LogP contribution is -2.01. The summed E-state index contributed by atoms with van der Waals surface area (Å²) in [5, 5.41) is 0. The molecule has 33 heavy (non-hydrogen) atoms. The maximum atomic E-state index is 13.0. The molecule has 0 aromatic heterocycles. The third-order valence-corrected chi connectivity index (χ3v) is 6.53. The van der Waals surface area contributed by atoms with Crippen molar-refractivity contribution in [3.05, 3.63) is 108 Å². The Morgan fingerprint density at radius 1 is 0.545 bits per heavy atom. The van der Waals surface area contributed by atoms with Crippen molar-refractivity contribution in [3.8, 4) is 47.7 Å². The van der Waals surface area contributed by atoms with Crippen LogP contribution in [-0.4, -0.2) is 8.42 Å². The minimum absolute atomic E-state index is 0.155. The first-order chi connectivity index (χ1) is 16.0. The Kier molecular flexibility index (Phi) is 6.17. The van der Waals surface area contributed by atoms with Gasteiger partial charge < -0.3 is 9.47 Å². The lowest BCUT2D eigenvalue weighted by atomic mass is 10.2. The molecule has 0 saturated heterocycles. The largest absolute Gasteiger partial charge is 0.457 e. The van der Waals surface area contributed by atoms with Gasteiger partial charge in [0.2, 0.25) is 9.84 Å². The van der Waals surface area contributed by atoms with Gasteiger partial charge in [-0.2, -0.15) is 0 Å². The molecule has 0 bridgehead atoms. The highest BCUT2D eigenvalue weighted by atomic mass is 32.2. The third-order valence-electron chi connectivity index (χ3n) is 4.74. The standard InChI is InChI=1S/C28H18O4S/c1-3-21-7-5-9-25(19-21)31-23-11-15-27(16-12-23)33(29,30)28-17-13-24(14-18-28)32-26-10-6-8-22(4-2)20-26/h1-2,5-20H. The van der Waals surface area contributed by atoms with Crippen LogP contribution in [0, 0.1) is 24.7 Å². The van der Waals surface area contributed by atoms with E-state index >= 15 is 0 Å². The van der Waals surface area contributed by atoms with E-state index in [0.29, 0.717) is 34.1 Å². The van der Waals surface area contributed by atoms with E-state index in [1.54, 1.807) is 72.8 Å². The van der Waals surface area contributed by atoms with Crippen molar-refractivity contribution in [3.63, 3.8) is 0 Å². The second-order valence-electron chi connectivity index (χ2n) is 6.99. The molecule has 0 atom stereocenters. The average Bonchev–Trinajstić information content (AvgIpc) is 2.85. The van der Waals surface area contributed by atoms with Gasteiger partial charge in [-0.3, -0.25) is 0 Å². The quantitative estimate of drug-likeness (QED) is 0.335. The normalized spacial score (nSPS) is 10.6. The molecule has 4 aromatic carbocycles. The number of benzene rings is 4. The van der Waals surface area contributed by atoms with E-state index in [1.807, 2.05) is 0 Å². The molecule has 0 aliphatic rings. The van der Waals surface area contributed by atoms with Gasteiger partial charge in [0.25, 0.3) is 0 Å². The molecule has 5 heteroatoms. The molecule has 0 aliphatic heterocycles. The number of hydrogen-bond acceptors (Lipinski definition) is 4. The molecule has 0 amide bonds. The van der Waals surface area contributed by atoms with Crippen molar-refractivity contribution in [2.45, 2.75) is 9.79 Å². The molecule has 160 valence electrons. The van der Waals surface area contributed by atoms with Crippen LogP contribution < -0.4 is 9.47 Å². The maximum Gasteiger partial charge on any atom is 0.206 e. The SMILES string of the molecule is C#Cc1cccc(Oc2ccc(S(=O)(=O)c3ccc(Oc4cccc(C#C)c4)cc3)cc2)c1. The topological polar surface area (TPSA) is 52.6 Å². The van der Waals surface area contributed by atoms with E-state index in [9.17, 15) is 8.42 Å². The molecule has 0 aliphatic carbocycles. The Morgan fingerprint density at radius 3 is 1.30 bits per heavy atom. The van der Waals surface area contributed by atoms with Crippen LogP contribution in [0.4, 0.5) is 0 Å². The first-order valence-electron chi connectivity index (χ1n) is 9.92. The molecule has 0 radical (unpaired) electrons. The van der Waals surface area contributed by atoms with Gasteiger partial charge >= 0.3 is 0 Å². The average molecular weight is 451 g/mol. The molecule has 4 rings (SSSR count). The summed E-state index contributed by atoms with van der Waals surface area (Å²) in [6.45, 7) is 0. The molecule has 4 nitrogen and oxygen atoms in total. The summed E-state index contributed by atoms with van der Waals surface area (Å²) in [5.74, 6) is 7.24. The van der Waals surface area contributed by atoms with Gasteiger partial charge in [-0.15, -0.1) is 12.8 Å². The predicted molar refractivity (Wildman–Crippen MR) is 127 cm³/mol. The fourth-order valence-electron chi connectivity index (χ4n) is 3.08. The smallest absolute Gasteiger partial charge is 0.206 e. The molecule has 0 unspecified atom stereocenters. The van der Waals surface area contributed by atoms with Gasteiger partial charge in [0, 0.05) is 11.1 Å². The Balaban J connectivity index is 1.49. The summed E-state index contributed by atoms with van der Waals surface area (Å²) in [5.41, 5.74) is 1.39. The molecule has 0 N–H and O–H groups in total. The van der Waals surface area contributed by atoms with Crippen LogP contribution in [0.15, 0.2) is 107 Å². The second kappa shape index (κ2) is 9.36. The van der Waals surface area contributed by atoms with Gasteiger partial charge in [-0.05, 0) is 84.9 Å². The van der Waals surface area contributed by atoms with Crippen LogP contribution in [0.2, 0.25) is 0 Å². The minimum Gasteiger partial charge on any atom is -0.457 e. The Labute approximate surface area is 193 Å². The second-order valence-corrected chi connectivity index (χ2v) is 8.94. The molecule has 0 spiro atoms. The minimum atomic E-state index is -3.70. The van der Waals surface area contributed by atoms with Crippen LogP contribution >= 0.6 is 0 Å². The Bertz CT molecular complexity index is 1360. The molecule has 0 fully saturated rings. The number of sulfone groups is 1. The summed E-state index contributed by atoms with van der Waals surface area (Å²) >= 11 is 0. The summed E-state index contributed by atoms with van der Waals surface area (Å²) in [6, 6.07) is 26.6. The number of rotatable bonds is 6. The van der Waals surface area contributed by atoms with Crippen LogP contribution in [0.25, 0.3) is 0 Å². The lowest BCUT2D eigenvalue weighted by molar-refractivity contribution is 0.482. The molecular formula is C28H18O4S. The lowest BCUT2D eigenvalue weighted by Gasteiger charge is -2.09. The first-order valence-corrected chi connectivity index (χ1v) is 11.4. The van der Waals surface area contributed by atoms with Gasteiger partial charge in [-0.1, -0.05) is 24.0 Å². The zero-order chi connectivity index (χ0) is 23.3. The van der Waals surface area contributed by atoms with E-state index in [2.05, 4.69) is 11.8 Å².